The number of hydrogen-bond acceptors (Lipinski definition) is 6. The second kappa shape index (κ2) is 6.12. The van der Waals surface area contributed by atoms with Crippen molar-refractivity contribution in [2.45, 2.75) is 18.4 Å². The number of anilines is 1. The molecular formula is C12H11FN4O5S. The molecule has 0 atom stereocenters. The van der Waals surface area contributed by atoms with E-state index in [2.05, 4.69) is 10.4 Å². The van der Waals surface area contributed by atoms with Crippen molar-refractivity contribution in [3.05, 3.63) is 46.3 Å². The normalized spacial score (nSPS) is 11.2. The van der Waals surface area contributed by atoms with E-state index in [1.807, 2.05) is 0 Å². The number of carbonyl (C=O) groups excluding carboxylic acids is 1. The van der Waals surface area contributed by atoms with Gasteiger partial charge in [-0.05, 0) is 25.1 Å². The van der Waals surface area contributed by atoms with Crippen LogP contribution >= 0.6 is 0 Å². The van der Waals surface area contributed by atoms with Crippen LogP contribution in [0, 0.1) is 10.1 Å². The average Bonchev–Trinajstić information content (AvgIpc) is 2.91. The Morgan fingerprint density at radius 1 is 1.48 bits per heavy atom. The Morgan fingerprint density at radius 2 is 2.17 bits per heavy atom. The summed E-state index contributed by atoms with van der Waals surface area (Å²) in [5, 5.41) is 17.0. The summed E-state index contributed by atoms with van der Waals surface area (Å²) in [5.74, 6) is -0.905. The molecule has 2 aromatic rings. The van der Waals surface area contributed by atoms with Crippen molar-refractivity contribution in [2.24, 2.45) is 0 Å². The van der Waals surface area contributed by atoms with Crippen LogP contribution in [0.1, 0.15) is 17.4 Å². The van der Waals surface area contributed by atoms with Gasteiger partial charge in [-0.1, -0.05) is 6.07 Å². The summed E-state index contributed by atoms with van der Waals surface area (Å²) < 4.78 is 35.8. The molecule has 1 aromatic carbocycles. The summed E-state index contributed by atoms with van der Waals surface area (Å²) in [6.45, 7) is 2.01. The zero-order valence-corrected chi connectivity index (χ0v) is 12.6. The van der Waals surface area contributed by atoms with Gasteiger partial charge in [0.25, 0.3) is 5.91 Å². The Kier molecular flexibility index (Phi) is 4.40. The van der Waals surface area contributed by atoms with Crippen molar-refractivity contribution in [3.63, 3.8) is 0 Å². The number of hydrogen-bond donors (Lipinski definition) is 1. The maximum absolute atomic E-state index is 12.9. The SMILES string of the molecule is CCn1cc([N+](=O)[O-])c(C(=O)Nc2cccc(S(=O)(=O)F)c2)n1. The minimum absolute atomic E-state index is 0.0333. The molecule has 0 fully saturated rings. The molecule has 0 spiro atoms. The molecule has 0 saturated heterocycles. The molecule has 0 aliphatic carbocycles. The highest BCUT2D eigenvalue weighted by Crippen LogP contribution is 2.21. The molecule has 1 heterocycles. The van der Waals surface area contributed by atoms with Crippen molar-refractivity contribution in [3.8, 4) is 0 Å². The van der Waals surface area contributed by atoms with Crippen LogP contribution in [-0.2, 0) is 16.8 Å². The molecule has 0 aliphatic heterocycles. The Balaban J connectivity index is 2.33. The van der Waals surface area contributed by atoms with Gasteiger partial charge in [0.15, 0.2) is 0 Å². The molecule has 0 radical (unpaired) electrons. The molecule has 1 amide bonds. The van der Waals surface area contributed by atoms with Gasteiger partial charge >= 0.3 is 15.9 Å². The fourth-order valence-electron chi connectivity index (χ4n) is 1.78. The summed E-state index contributed by atoms with van der Waals surface area (Å²) >= 11 is 0. The summed E-state index contributed by atoms with van der Waals surface area (Å²) in [7, 11) is -4.93. The Morgan fingerprint density at radius 3 is 2.74 bits per heavy atom. The number of benzene rings is 1. The number of nitrogens with zero attached hydrogens (tertiary/aromatic N) is 3. The quantitative estimate of drug-likeness (QED) is 0.501. The zero-order chi connectivity index (χ0) is 17.2. The standard InChI is InChI=1S/C12H11FN4O5S/c1-2-16-7-10(17(19)20)11(15-16)12(18)14-8-4-3-5-9(6-8)23(13,21)22/h3-7H,2H2,1H3,(H,14,18). The van der Waals surface area contributed by atoms with Crippen molar-refractivity contribution < 1.29 is 22.0 Å². The number of amides is 1. The number of aryl methyl sites for hydroxylation is 1. The van der Waals surface area contributed by atoms with Gasteiger partial charge in [-0.3, -0.25) is 19.6 Å². The molecule has 23 heavy (non-hydrogen) atoms. The fourth-order valence-corrected chi connectivity index (χ4v) is 2.29. The first-order valence-electron chi connectivity index (χ1n) is 6.30. The lowest BCUT2D eigenvalue weighted by Gasteiger charge is -2.04. The number of nitrogens with one attached hydrogen (secondary N) is 1. The van der Waals surface area contributed by atoms with Crippen molar-refractivity contribution in [2.75, 3.05) is 5.32 Å². The first kappa shape index (κ1) is 16.5. The Hall–Kier alpha value is -2.82. The van der Waals surface area contributed by atoms with Gasteiger partial charge in [0, 0.05) is 12.2 Å². The third kappa shape index (κ3) is 3.69. The average molecular weight is 342 g/mol. The lowest BCUT2D eigenvalue weighted by molar-refractivity contribution is -0.385. The largest absolute Gasteiger partial charge is 0.332 e. The maximum atomic E-state index is 12.9. The van der Waals surface area contributed by atoms with Crippen LogP contribution in [-0.4, -0.2) is 29.0 Å². The molecular weight excluding hydrogens is 331 g/mol. The van der Waals surface area contributed by atoms with E-state index in [0.717, 1.165) is 18.3 Å². The molecule has 9 nitrogen and oxygen atoms in total. The van der Waals surface area contributed by atoms with Crippen LogP contribution in [0.15, 0.2) is 35.4 Å². The van der Waals surface area contributed by atoms with Crippen LogP contribution in [0.5, 0.6) is 0 Å². The first-order valence-corrected chi connectivity index (χ1v) is 7.68. The van der Waals surface area contributed by atoms with E-state index in [0.29, 0.717) is 6.54 Å². The predicted octanol–water partition coefficient (Wildman–Crippen LogP) is 1.72. The van der Waals surface area contributed by atoms with Gasteiger partial charge in [-0.15, -0.1) is 3.89 Å². The highest BCUT2D eigenvalue weighted by Gasteiger charge is 2.25. The number of aromatic nitrogens is 2. The lowest BCUT2D eigenvalue weighted by atomic mass is 10.3. The number of nitro groups is 1. The molecule has 122 valence electrons. The van der Waals surface area contributed by atoms with Crippen LogP contribution in [0.2, 0.25) is 0 Å². The molecule has 1 N–H and O–H groups in total. The smallest absolute Gasteiger partial charge is 0.320 e. The number of rotatable bonds is 5. The lowest BCUT2D eigenvalue weighted by Crippen LogP contribution is -2.15. The van der Waals surface area contributed by atoms with Gasteiger partial charge < -0.3 is 5.32 Å². The van der Waals surface area contributed by atoms with Crippen molar-refractivity contribution in [1.82, 2.24) is 9.78 Å². The van der Waals surface area contributed by atoms with E-state index in [1.165, 1.54) is 16.8 Å². The number of carbonyl (C=O) groups is 1. The monoisotopic (exact) mass is 342 g/mol. The van der Waals surface area contributed by atoms with Crippen LogP contribution in [0.4, 0.5) is 15.3 Å². The maximum Gasteiger partial charge on any atom is 0.332 e. The second-order valence-electron chi connectivity index (χ2n) is 4.40. The molecule has 11 heteroatoms. The number of halogens is 1. The molecule has 0 saturated carbocycles. The van der Waals surface area contributed by atoms with Gasteiger partial charge in [0.2, 0.25) is 5.69 Å². The van der Waals surface area contributed by atoms with E-state index in [1.54, 1.807) is 6.92 Å². The molecule has 1 aromatic heterocycles. The van der Waals surface area contributed by atoms with E-state index < -0.39 is 37.3 Å². The molecule has 0 aliphatic rings. The van der Waals surface area contributed by atoms with Gasteiger partial charge in [-0.25, -0.2) is 0 Å². The highest BCUT2D eigenvalue weighted by atomic mass is 32.3. The van der Waals surface area contributed by atoms with Crippen LogP contribution in [0.25, 0.3) is 0 Å². The molecule has 0 bridgehead atoms. The summed E-state index contributed by atoms with van der Waals surface area (Å²) in [6, 6.07) is 4.45. The minimum Gasteiger partial charge on any atom is -0.320 e. The van der Waals surface area contributed by atoms with E-state index >= 15 is 0 Å². The van der Waals surface area contributed by atoms with E-state index in [4.69, 9.17) is 0 Å². The highest BCUT2D eigenvalue weighted by molar-refractivity contribution is 7.86. The summed E-state index contributed by atoms with van der Waals surface area (Å²) in [6.07, 6.45) is 1.11. The second-order valence-corrected chi connectivity index (χ2v) is 5.74. The molecule has 2 rings (SSSR count). The van der Waals surface area contributed by atoms with Crippen molar-refractivity contribution in [1.29, 1.82) is 0 Å². The van der Waals surface area contributed by atoms with Crippen LogP contribution < -0.4 is 5.32 Å². The Bertz CT molecular complexity index is 877. The topological polar surface area (TPSA) is 124 Å². The first-order chi connectivity index (χ1) is 10.7. The molecule has 0 unspecified atom stereocenters. The third-order valence-electron chi connectivity index (χ3n) is 2.85. The van der Waals surface area contributed by atoms with Gasteiger partial charge in [0.1, 0.15) is 11.1 Å². The Labute approximate surface area is 130 Å². The summed E-state index contributed by atoms with van der Waals surface area (Å²) in [4.78, 5) is 21.6. The summed E-state index contributed by atoms with van der Waals surface area (Å²) in [5.41, 5.74) is -0.946. The minimum atomic E-state index is -4.93. The third-order valence-corrected chi connectivity index (χ3v) is 3.67. The van der Waals surface area contributed by atoms with E-state index in [-0.39, 0.29) is 5.69 Å². The predicted molar refractivity (Wildman–Crippen MR) is 77.2 cm³/mol. The fraction of sp³-hybridized carbons (Fsp3) is 0.167. The van der Waals surface area contributed by atoms with Crippen LogP contribution in [0.3, 0.4) is 0 Å². The van der Waals surface area contributed by atoms with Gasteiger partial charge in [-0.2, -0.15) is 13.5 Å². The zero-order valence-electron chi connectivity index (χ0n) is 11.8. The van der Waals surface area contributed by atoms with Crippen molar-refractivity contribution >= 4 is 27.5 Å². The van der Waals surface area contributed by atoms with Gasteiger partial charge in [0.05, 0.1) is 4.92 Å². The van der Waals surface area contributed by atoms with E-state index in [9.17, 15) is 27.2 Å².